The number of nitrogens with one attached hydrogen (secondary N) is 1. The molecule has 1 amide bonds. The number of rotatable bonds is 7. The molecule has 2 aromatic heterocycles. The second-order valence-corrected chi connectivity index (χ2v) is 10.7. The lowest BCUT2D eigenvalue weighted by molar-refractivity contribution is -0.252. The summed E-state index contributed by atoms with van der Waals surface area (Å²) in [5, 5.41) is 16.6. The van der Waals surface area contributed by atoms with Crippen molar-refractivity contribution in [3.05, 3.63) is 27.5 Å². The second-order valence-electron chi connectivity index (χ2n) is 9.76. The Morgan fingerprint density at radius 2 is 1.93 bits per heavy atom. The first kappa shape index (κ1) is 23.3. The van der Waals surface area contributed by atoms with Gasteiger partial charge in [-0.05, 0) is 28.7 Å². The molecule has 2 heterocycles. The van der Waals surface area contributed by atoms with Gasteiger partial charge in [-0.1, -0.05) is 54.9 Å². The molecule has 162 valence electrons. The third-order valence-corrected chi connectivity index (χ3v) is 5.56. The van der Waals surface area contributed by atoms with Gasteiger partial charge in [-0.2, -0.15) is 0 Å². The molecule has 0 saturated carbocycles. The van der Waals surface area contributed by atoms with Crippen LogP contribution < -0.4 is 20.7 Å². The first-order valence-corrected chi connectivity index (χ1v) is 11.0. The van der Waals surface area contributed by atoms with E-state index in [-0.39, 0.29) is 11.0 Å². The van der Waals surface area contributed by atoms with Crippen molar-refractivity contribution in [2.24, 2.45) is 10.8 Å². The lowest BCUT2D eigenvalue weighted by Gasteiger charge is -2.36. The molecular formula is C22H33N2O4S-. The van der Waals surface area contributed by atoms with Crippen LogP contribution in [-0.2, 0) is 6.54 Å². The maximum atomic E-state index is 13.4. The SMILES string of the molecule is CCCCOc1c(C(NC(=O)[O-])C(C)(C)C)n(CC(C)(C)C)c(=O)c2ccsc12. The normalized spacial score (nSPS) is 13.5. The van der Waals surface area contributed by atoms with Gasteiger partial charge in [-0.15, -0.1) is 11.3 Å². The number of ether oxygens (including phenoxy) is 1. The van der Waals surface area contributed by atoms with Gasteiger partial charge in [0.25, 0.3) is 5.56 Å². The van der Waals surface area contributed by atoms with Gasteiger partial charge >= 0.3 is 0 Å². The number of amides is 1. The molecule has 0 aromatic carbocycles. The van der Waals surface area contributed by atoms with E-state index in [0.717, 1.165) is 17.5 Å². The van der Waals surface area contributed by atoms with Gasteiger partial charge in [0.2, 0.25) is 0 Å². The summed E-state index contributed by atoms with van der Waals surface area (Å²) in [4.78, 5) is 25.0. The molecule has 0 aliphatic rings. The molecule has 0 saturated heterocycles. The van der Waals surface area contributed by atoms with Crippen molar-refractivity contribution >= 4 is 27.5 Å². The topological polar surface area (TPSA) is 83.4 Å². The van der Waals surface area contributed by atoms with E-state index in [4.69, 9.17) is 4.74 Å². The summed E-state index contributed by atoms with van der Waals surface area (Å²) >= 11 is 1.44. The summed E-state index contributed by atoms with van der Waals surface area (Å²) in [5.74, 6) is 0.598. The number of pyridine rings is 1. The molecule has 0 bridgehead atoms. The van der Waals surface area contributed by atoms with E-state index < -0.39 is 17.6 Å². The zero-order valence-corrected chi connectivity index (χ0v) is 19.4. The summed E-state index contributed by atoms with van der Waals surface area (Å²) in [7, 11) is 0. The number of hydrogen-bond acceptors (Lipinski definition) is 5. The molecule has 1 N–H and O–H groups in total. The molecule has 0 spiro atoms. The van der Waals surface area contributed by atoms with Crippen LogP contribution in [0, 0.1) is 10.8 Å². The van der Waals surface area contributed by atoms with Crippen LogP contribution >= 0.6 is 11.3 Å². The van der Waals surface area contributed by atoms with Crippen LogP contribution in [0.4, 0.5) is 4.79 Å². The Morgan fingerprint density at radius 1 is 1.28 bits per heavy atom. The number of fused-ring (bicyclic) bond motifs is 1. The molecule has 1 atom stereocenters. The fourth-order valence-electron chi connectivity index (χ4n) is 3.34. The largest absolute Gasteiger partial charge is 0.530 e. The molecule has 2 aromatic rings. The van der Waals surface area contributed by atoms with Crippen molar-refractivity contribution in [2.45, 2.75) is 73.9 Å². The van der Waals surface area contributed by atoms with Gasteiger partial charge in [0, 0.05) is 6.54 Å². The van der Waals surface area contributed by atoms with Gasteiger partial charge in [-0.25, -0.2) is 0 Å². The minimum Gasteiger partial charge on any atom is -0.530 e. The maximum absolute atomic E-state index is 13.4. The highest BCUT2D eigenvalue weighted by Gasteiger charge is 2.34. The van der Waals surface area contributed by atoms with Crippen LogP contribution in [0.25, 0.3) is 10.1 Å². The quantitative estimate of drug-likeness (QED) is 0.675. The maximum Gasteiger partial charge on any atom is 0.259 e. The Kier molecular flexibility index (Phi) is 7.04. The van der Waals surface area contributed by atoms with Crippen LogP contribution in [0.1, 0.15) is 73.0 Å². The molecule has 0 fully saturated rings. The molecular weight excluding hydrogens is 388 g/mol. The predicted molar refractivity (Wildman–Crippen MR) is 117 cm³/mol. The van der Waals surface area contributed by atoms with Crippen LogP contribution in [0.15, 0.2) is 16.2 Å². The fraction of sp³-hybridized carbons (Fsp3) is 0.636. The molecule has 29 heavy (non-hydrogen) atoms. The molecule has 1 unspecified atom stereocenters. The Morgan fingerprint density at radius 3 is 2.45 bits per heavy atom. The number of aromatic nitrogens is 1. The average Bonchev–Trinajstić information content (AvgIpc) is 3.05. The Labute approximate surface area is 176 Å². The smallest absolute Gasteiger partial charge is 0.259 e. The predicted octanol–water partition coefficient (Wildman–Crippen LogP) is 4.31. The number of carbonyl (C=O) groups excluding carboxylic acids is 1. The fourth-order valence-corrected chi connectivity index (χ4v) is 4.23. The molecule has 0 aliphatic carbocycles. The van der Waals surface area contributed by atoms with Crippen molar-refractivity contribution in [3.63, 3.8) is 0 Å². The summed E-state index contributed by atoms with van der Waals surface area (Å²) < 4.78 is 8.68. The minimum atomic E-state index is -1.37. The highest BCUT2D eigenvalue weighted by atomic mass is 32.1. The van der Waals surface area contributed by atoms with Gasteiger partial charge in [-0.3, -0.25) is 4.79 Å². The average molecular weight is 422 g/mol. The van der Waals surface area contributed by atoms with E-state index in [1.54, 1.807) is 4.57 Å². The van der Waals surface area contributed by atoms with E-state index >= 15 is 0 Å². The van der Waals surface area contributed by atoms with Crippen molar-refractivity contribution in [1.82, 2.24) is 9.88 Å². The Hall–Kier alpha value is -2.02. The van der Waals surface area contributed by atoms with Crippen LogP contribution in [0.3, 0.4) is 0 Å². The number of nitrogens with zero attached hydrogens (tertiary/aromatic N) is 1. The summed E-state index contributed by atoms with van der Waals surface area (Å²) in [6.45, 7) is 15.0. The van der Waals surface area contributed by atoms with Crippen LogP contribution in [-0.4, -0.2) is 17.3 Å². The zero-order chi connectivity index (χ0) is 22.0. The van der Waals surface area contributed by atoms with Crippen molar-refractivity contribution in [2.75, 3.05) is 6.61 Å². The summed E-state index contributed by atoms with van der Waals surface area (Å²) in [6.07, 6.45) is 0.481. The Bertz CT molecular complexity index is 916. The minimum absolute atomic E-state index is 0.122. The molecule has 2 rings (SSSR count). The lowest BCUT2D eigenvalue weighted by atomic mass is 9.83. The molecule has 7 heteroatoms. The zero-order valence-electron chi connectivity index (χ0n) is 18.5. The highest BCUT2D eigenvalue weighted by molar-refractivity contribution is 7.17. The van der Waals surface area contributed by atoms with E-state index in [1.165, 1.54) is 11.3 Å². The van der Waals surface area contributed by atoms with E-state index in [2.05, 4.69) is 33.0 Å². The van der Waals surface area contributed by atoms with E-state index in [9.17, 15) is 14.7 Å². The van der Waals surface area contributed by atoms with Gasteiger partial charge in [0.15, 0.2) is 5.75 Å². The van der Waals surface area contributed by atoms with Gasteiger partial charge < -0.3 is 24.5 Å². The van der Waals surface area contributed by atoms with Crippen LogP contribution in [0.2, 0.25) is 0 Å². The van der Waals surface area contributed by atoms with Gasteiger partial charge in [0.1, 0.15) is 6.09 Å². The van der Waals surface area contributed by atoms with E-state index in [0.29, 0.717) is 30.0 Å². The number of thiophene rings is 1. The Balaban J connectivity index is 2.88. The summed E-state index contributed by atoms with van der Waals surface area (Å²) in [5.41, 5.74) is -0.233. The van der Waals surface area contributed by atoms with Gasteiger partial charge in [0.05, 0.1) is 28.4 Å². The first-order valence-electron chi connectivity index (χ1n) is 10.1. The number of carboxylic acid groups (broad SMARTS) is 1. The number of hydrogen-bond donors (Lipinski definition) is 1. The van der Waals surface area contributed by atoms with Crippen molar-refractivity contribution < 1.29 is 14.6 Å². The van der Waals surface area contributed by atoms with Crippen molar-refractivity contribution in [3.8, 4) is 5.75 Å². The monoisotopic (exact) mass is 421 g/mol. The molecule has 6 nitrogen and oxygen atoms in total. The second kappa shape index (κ2) is 8.78. The highest BCUT2D eigenvalue weighted by Crippen LogP contribution is 2.42. The number of carbonyl (C=O) groups is 1. The summed E-state index contributed by atoms with van der Waals surface area (Å²) in [6, 6.07) is 1.15. The van der Waals surface area contributed by atoms with Crippen LogP contribution in [0.5, 0.6) is 5.75 Å². The molecule has 0 radical (unpaired) electrons. The van der Waals surface area contributed by atoms with E-state index in [1.807, 2.05) is 32.2 Å². The standard InChI is InChI=1S/C22H34N2O4S/c1-8-9-11-28-16-15(18(22(5,6)7)23-20(26)27)24(13-21(2,3)4)19(25)14-10-12-29-17(14)16/h10,12,18,23H,8-9,11,13H2,1-7H3,(H,26,27)/p-1. The lowest BCUT2D eigenvalue weighted by Crippen LogP contribution is -2.46. The third kappa shape index (κ3) is 5.53. The van der Waals surface area contributed by atoms with Crippen molar-refractivity contribution in [1.29, 1.82) is 0 Å². The number of unbranched alkanes of at least 4 members (excludes halogenated alkanes) is 1. The third-order valence-electron chi connectivity index (χ3n) is 4.65. The first-order chi connectivity index (χ1) is 13.4. The molecule has 0 aliphatic heterocycles.